The Labute approximate surface area is 166 Å². The first-order valence-electron chi connectivity index (χ1n) is 9.85. The van der Waals surface area contributed by atoms with Crippen LogP contribution in [0.2, 0.25) is 0 Å². The fourth-order valence-electron chi connectivity index (χ4n) is 4.31. The fourth-order valence-corrected chi connectivity index (χ4v) is 11.0. The summed E-state index contributed by atoms with van der Waals surface area (Å²) < 4.78 is 36.5. The van der Waals surface area contributed by atoms with Crippen LogP contribution in [-0.2, 0) is 23.1 Å². The molecule has 0 aromatic carbocycles. The summed E-state index contributed by atoms with van der Waals surface area (Å²) in [7, 11) is -0.219. The third-order valence-electron chi connectivity index (χ3n) is 5.53. The summed E-state index contributed by atoms with van der Waals surface area (Å²) >= 11 is 0. The fraction of sp³-hybridized carbons (Fsp3) is 0.882. The predicted octanol–water partition coefficient (Wildman–Crippen LogP) is -0.272. The van der Waals surface area contributed by atoms with Crippen LogP contribution in [-0.4, -0.2) is 125 Å². The van der Waals surface area contributed by atoms with Gasteiger partial charge in [0.15, 0.2) is 0 Å². The highest BCUT2D eigenvalue weighted by Crippen LogP contribution is 2.27. The molecule has 1 radical (unpaired) electrons. The van der Waals surface area contributed by atoms with Gasteiger partial charge >= 0.3 is 17.8 Å². The molecule has 0 aromatic heterocycles. The molecule has 27 heavy (non-hydrogen) atoms. The Morgan fingerprint density at radius 1 is 0.741 bits per heavy atom. The molecule has 0 aromatic rings. The molecule has 3 aliphatic heterocycles. The summed E-state index contributed by atoms with van der Waals surface area (Å²) in [5, 5.41) is 1.24. The molecule has 0 amide bonds. The van der Waals surface area contributed by atoms with E-state index in [0.29, 0.717) is 0 Å². The SMILES string of the molecule is CO[Si](OC)C(C)=C[Si](N1CCOCC1)(N1CCOCC1)N1CCOCC1. The Kier molecular flexibility index (Phi) is 8.45. The lowest BCUT2D eigenvalue weighted by molar-refractivity contribution is 0.0185. The number of hydrogen-bond donors (Lipinski definition) is 0. The number of hydrogen-bond acceptors (Lipinski definition) is 8. The molecule has 0 bridgehead atoms. The normalized spacial score (nSPS) is 25.3. The zero-order valence-electron chi connectivity index (χ0n) is 16.9. The highest BCUT2D eigenvalue weighted by atomic mass is 28.4. The second-order valence-electron chi connectivity index (χ2n) is 7.01. The number of ether oxygens (including phenoxy) is 3. The summed E-state index contributed by atoms with van der Waals surface area (Å²) in [6.07, 6.45) is 0. The van der Waals surface area contributed by atoms with E-state index in [0.717, 1.165) is 78.9 Å². The largest absolute Gasteiger partial charge is 0.417 e. The number of rotatable bonds is 7. The van der Waals surface area contributed by atoms with E-state index in [1.54, 1.807) is 14.2 Å². The van der Waals surface area contributed by atoms with Crippen LogP contribution in [0, 0.1) is 0 Å². The molecule has 0 unspecified atom stereocenters. The van der Waals surface area contributed by atoms with Crippen LogP contribution in [0.5, 0.6) is 0 Å². The third-order valence-corrected chi connectivity index (χ3v) is 12.3. The maximum Gasteiger partial charge on any atom is 0.417 e. The van der Waals surface area contributed by atoms with Crippen molar-refractivity contribution in [3.8, 4) is 0 Å². The highest BCUT2D eigenvalue weighted by Gasteiger charge is 2.51. The lowest BCUT2D eigenvalue weighted by Crippen LogP contribution is -2.78. The Morgan fingerprint density at radius 3 is 1.37 bits per heavy atom. The zero-order valence-corrected chi connectivity index (χ0v) is 18.9. The van der Waals surface area contributed by atoms with Crippen molar-refractivity contribution in [2.45, 2.75) is 6.92 Å². The van der Waals surface area contributed by atoms with E-state index in [-0.39, 0.29) is 0 Å². The Balaban J connectivity index is 2.02. The molecule has 0 N–H and O–H groups in total. The van der Waals surface area contributed by atoms with Crippen LogP contribution >= 0.6 is 0 Å². The molecule has 0 atom stereocenters. The molecule has 3 aliphatic rings. The lowest BCUT2D eigenvalue weighted by Gasteiger charge is -2.55. The summed E-state index contributed by atoms with van der Waals surface area (Å²) in [4.78, 5) is 0. The van der Waals surface area contributed by atoms with E-state index in [9.17, 15) is 0 Å². The van der Waals surface area contributed by atoms with Gasteiger partial charge in [-0.3, -0.25) is 13.7 Å². The number of morpholine rings is 3. The van der Waals surface area contributed by atoms with Gasteiger partial charge in [-0.25, -0.2) is 0 Å². The van der Waals surface area contributed by atoms with Crippen LogP contribution in [0.3, 0.4) is 0 Å². The minimum atomic E-state index is -2.29. The predicted molar refractivity (Wildman–Crippen MR) is 106 cm³/mol. The van der Waals surface area contributed by atoms with Gasteiger partial charge < -0.3 is 23.1 Å². The van der Waals surface area contributed by atoms with Gasteiger partial charge in [-0.2, -0.15) is 0 Å². The first kappa shape index (κ1) is 21.6. The van der Waals surface area contributed by atoms with Crippen LogP contribution < -0.4 is 0 Å². The Bertz CT molecular complexity index is 432. The van der Waals surface area contributed by atoms with Gasteiger partial charge in [0.2, 0.25) is 0 Å². The van der Waals surface area contributed by atoms with Crippen molar-refractivity contribution < 1.29 is 23.1 Å². The second kappa shape index (κ2) is 10.6. The molecule has 3 heterocycles. The summed E-state index contributed by atoms with van der Waals surface area (Å²) in [5.41, 5.74) is 2.52. The number of nitrogens with zero attached hydrogens (tertiary/aromatic N) is 3. The van der Waals surface area contributed by atoms with Gasteiger partial charge in [0.25, 0.3) is 0 Å². The standard InChI is InChI=1S/C17H34N3O5Si2/c1-17(26(21-2)22-3)16-27(18-4-10-23-11-5-18,19-6-12-24-13-7-19)20-8-14-25-15-9-20/h16H,4-15H2,1-3H3. The van der Waals surface area contributed by atoms with E-state index in [2.05, 4.69) is 26.3 Å². The molecule has 0 spiro atoms. The molecule has 155 valence electrons. The van der Waals surface area contributed by atoms with Crippen molar-refractivity contribution >= 4 is 17.8 Å². The first-order valence-corrected chi connectivity index (χ1v) is 13.1. The topological polar surface area (TPSA) is 55.9 Å². The van der Waals surface area contributed by atoms with Crippen molar-refractivity contribution in [2.24, 2.45) is 0 Å². The average Bonchev–Trinajstić information content (AvgIpc) is 2.75. The minimum absolute atomic E-state index is 0.794. The Morgan fingerprint density at radius 2 is 1.07 bits per heavy atom. The first-order chi connectivity index (χ1) is 13.2. The molecule has 3 fully saturated rings. The summed E-state index contributed by atoms with van der Waals surface area (Å²) in [6, 6.07) is 0. The van der Waals surface area contributed by atoms with E-state index in [1.165, 1.54) is 5.20 Å². The van der Waals surface area contributed by atoms with Crippen LogP contribution in [0.1, 0.15) is 6.92 Å². The number of allylic oxidation sites excluding steroid dienone is 1. The van der Waals surface area contributed by atoms with E-state index < -0.39 is 17.8 Å². The van der Waals surface area contributed by atoms with Crippen LogP contribution in [0.4, 0.5) is 0 Å². The minimum Gasteiger partial charge on any atom is -0.393 e. The lowest BCUT2D eigenvalue weighted by atomic mass is 10.5. The van der Waals surface area contributed by atoms with E-state index in [4.69, 9.17) is 23.1 Å². The zero-order chi connectivity index (χ0) is 19.1. The van der Waals surface area contributed by atoms with Gasteiger partial charge in [0.05, 0.1) is 39.6 Å². The summed E-state index contributed by atoms with van der Waals surface area (Å²) in [6.45, 7) is 12.7. The third kappa shape index (κ3) is 4.89. The molecular weight excluding hydrogens is 382 g/mol. The van der Waals surface area contributed by atoms with Crippen molar-refractivity contribution in [3.63, 3.8) is 0 Å². The molecule has 0 aliphatic carbocycles. The van der Waals surface area contributed by atoms with Gasteiger partial charge in [-0.05, 0) is 12.1 Å². The van der Waals surface area contributed by atoms with Gasteiger partial charge in [0.1, 0.15) is 0 Å². The molecule has 3 saturated heterocycles. The Hall–Kier alpha value is -0.146. The van der Waals surface area contributed by atoms with Gasteiger partial charge in [-0.15, -0.1) is 0 Å². The van der Waals surface area contributed by atoms with Crippen molar-refractivity contribution in [1.82, 2.24) is 13.7 Å². The van der Waals surface area contributed by atoms with Gasteiger partial charge in [-0.1, -0.05) is 5.70 Å². The smallest absolute Gasteiger partial charge is 0.393 e. The molecule has 8 nitrogen and oxygen atoms in total. The van der Waals surface area contributed by atoms with Crippen molar-refractivity contribution in [2.75, 3.05) is 93.1 Å². The monoisotopic (exact) mass is 416 g/mol. The molecule has 3 rings (SSSR count). The van der Waals surface area contributed by atoms with Crippen LogP contribution in [0.25, 0.3) is 0 Å². The highest BCUT2D eigenvalue weighted by molar-refractivity contribution is 6.78. The maximum atomic E-state index is 5.69. The van der Waals surface area contributed by atoms with Crippen molar-refractivity contribution in [1.29, 1.82) is 0 Å². The molecule has 10 heteroatoms. The second-order valence-corrected chi connectivity index (χ2v) is 12.7. The summed E-state index contributed by atoms with van der Waals surface area (Å²) in [5.74, 6) is 0. The van der Waals surface area contributed by atoms with E-state index >= 15 is 0 Å². The van der Waals surface area contributed by atoms with Gasteiger partial charge in [0, 0.05) is 53.5 Å². The maximum absolute atomic E-state index is 5.69. The molecule has 0 saturated carbocycles. The average molecular weight is 417 g/mol. The van der Waals surface area contributed by atoms with Crippen LogP contribution in [0.15, 0.2) is 10.9 Å². The quantitative estimate of drug-likeness (QED) is 0.526. The molecular formula is C17H34N3O5Si2. The van der Waals surface area contributed by atoms with Crippen molar-refractivity contribution in [3.05, 3.63) is 10.9 Å². The van der Waals surface area contributed by atoms with E-state index in [1.807, 2.05) is 0 Å².